The highest BCUT2D eigenvalue weighted by Gasteiger charge is 2.31. The quantitative estimate of drug-likeness (QED) is 0.139. The van der Waals surface area contributed by atoms with Crippen LogP contribution >= 0.6 is 0 Å². The predicted molar refractivity (Wildman–Crippen MR) is 395 cm³/mol. The van der Waals surface area contributed by atoms with Crippen LogP contribution in [0.1, 0.15) is 0 Å². The van der Waals surface area contributed by atoms with E-state index in [0.29, 0.717) is 0 Å². The van der Waals surface area contributed by atoms with Gasteiger partial charge in [-0.1, -0.05) is 309 Å². The molecule has 1 aromatic heterocycles. The zero-order chi connectivity index (χ0) is 61.3. The van der Waals surface area contributed by atoms with E-state index < -0.39 is 0 Å². The van der Waals surface area contributed by atoms with Crippen LogP contribution in [0.2, 0.25) is 0 Å². The van der Waals surface area contributed by atoms with E-state index in [2.05, 4.69) is 356 Å². The summed E-state index contributed by atoms with van der Waals surface area (Å²) in [5.74, 6) is 0.940. The summed E-state index contributed by atoms with van der Waals surface area (Å²) in [6.07, 6.45) is 0. The van der Waals surface area contributed by atoms with Gasteiger partial charge in [0.15, 0.2) is 0 Å². The van der Waals surface area contributed by atoms with Crippen LogP contribution in [0.15, 0.2) is 352 Å². The summed E-state index contributed by atoms with van der Waals surface area (Å²) in [6, 6.07) is 128. The van der Waals surface area contributed by atoms with Gasteiger partial charge < -0.3 is 0 Å². The number of para-hydroxylation sites is 3. The highest BCUT2D eigenvalue weighted by molar-refractivity contribution is 6.29. The van der Waals surface area contributed by atoms with Crippen LogP contribution in [0.5, 0.6) is 0 Å². The molecule has 0 aliphatic heterocycles. The summed E-state index contributed by atoms with van der Waals surface area (Å²) in [5.41, 5.74) is 24.7. The Morgan fingerprint density at radius 1 is 0.204 bits per heavy atom. The van der Waals surface area contributed by atoms with Crippen LogP contribution in [0.4, 0.5) is 0 Å². The molecular weight excluding hydrogens is 1120 g/mol. The average molecular weight is 1180 g/mol. The van der Waals surface area contributed by atoms with Crippen molar-refractivity contribution in [2.24, 2.45) is 0 Å². The first-order chi connectivity index (χ1) is 46.2. The van der Waals surface area contributed by atoms with Gasteiger partial charge in [0.1, 0.15) is 5.82 Å². The summed E-state index contributed by atoms with van der Waals surface area (Å²) in [4.78, 5) is 5.09. The fourth-order valence-electron chi connectivity index (χ4n) is 15.0. The Morgan fingerprint density at radius 2 is 0.591 bits per heavy atom. The number of nitrogens with zero attached hydrogens (tertiary/aromatic N) is 2. The van der Waals surface area contributed by atoms with Gasteiger partial charge in [-0.25, -0.2) is 4.98 Å². The first-order valence-corrected chi connectivity index (χ1v) is 32.1. The second-order valence-electron chi connectivity index (χ2n) is 24.4. The van der Waals surface area contributed by atoms with Crippen LogP contribution in [-0.4, -0.2) is 9.55 Å². The lowest BCUT2D eigenvalue weighted by molar-refractivity contribution is 1.10. The summed E-state index contributed by atoms with van der Waals surface area (Å²) < 4.78 is 2.26. The van der Waals surface area contributed by atoms with E-state index in [1.165, 1.54) is 154 Å². The number of hydrogen-bond donors (Lipinski definition) is 0. The third kappa shape index (κ3) is 9.06. The van der Waals surface area contributed by atoms with Crippen LogP contribution in [0, 0.1) is 0 Å². The minimum absolute atomic E-state index is 0.940. The molecule has 0 N–H and O–H groups in total. The van der Waals surface area contributed by atoms with Crippen LogP contribution in [0.25, 0.3) is 182 Å². The standard InChI is InChI=1S/C48H30.C43H28N2/c1-4-13-31(14-5-1)34-23-24-36-30-37(26-25-35(36)29-34)38-27-28-43-46-39(38)21-12-22-42(46)47-44(32-15-6-2-7-16-32)40-19-10-11-20-41(40)45(48(43)47)33-17-8-3-9-18-33;1-2-14-34(15-3-1)45-40-21-11-10-20-39(40)44-43(45)31-25-23-30(24-26-31)41-35-16-6-8-18-37(35)42(38-19-9-7-17-36(38)41)33-27-22-29-12-4-5-13-32(29)28-33/h1-30H;1-28H. The fourth-order valence-corrected chi connectivity index (χ4v) is 15.0. The van der Waals surface area contributed by atoms with Crippen molar-refractivity contribution in [3.8, 4) is 106 Å². The normalized spacial score (nSPS) is 11.7. The minimum atomic E-state index is 0.940. The second-order valence-corrected chi connectivity index (χ2v) is 24.4. The Labute approximate surface area is 539 Å². The SMILES string of the molecule is c1ccc(-c2ccc3cc(-c4ccc5c6c(cccc46)-c4c-5c(-c5ccccc5)c5ccccc5c4-c4ccccc4)ccc3c2)cc1.c1ccc(-n2c(-c3ccc(-c4c5ccccc5c(-c5ccc6ccccc6c5)c5ccccc45)cc3)nc3ccccc32)cc1. The molecule has 18 aromatic rings. The Hall–Kier alpha value is -12.2. The van der Waals surface area contributed by atoms with Gasteiger partial charge in [-0.05, 0) is 196 Å². The van der Waals surface area contributed by atoms with E-state index in [1.54, 1.807) is 0 Å². The lowest BCUT2D eigenvalue weighted by Gasteiger charge is -2.20. The van der Waals surface area contributed by atoms with Crippen molar-refractivity contribution in [3.63, 3.8) is 0 Å². The molecule has 432 valence electrons. The number of aromatic nitrogens is 2. The molecule has 1 heterocycles. The molecule has 0 bridgehead atoms. The van der Waals surface area contributed by atoms with Gasteiger partial charge in [0.05, 0.1) is 11.0 Å². The van der Waals surface area contributed by atoms with Crippen molar-refractivity contribution >= 4 is 75.7 Å². The molecule has 1 aliphatic rings. The monoisotopic (exact) mass is 1180 g/mol. The third-order valence-electron chi connectivity index (χ3n) is 19.2. The molecule has 0 saturated carbocycles. The number of imidazole rings is 1. The van der Waals surface area contributed by atoms with Crippen molar-refractivity contribution in [1.29, 1.82) is 0 Å². The molecule has 0 spiro atoms. The molecule has 1 aliphatic carbocycles. The van der Waals surface area contributed by atoms with E-state index in [-0.39, 0.29) is 0 Å². The van der Waals surface area contributed by atoms with E-state index in [4.69, 9.17) is 4.98 Å². The Morgan fingerprint density at radius 3 is 1.20 bits per heavy atom. The number of rotatable bonds is 8. The maximum Gasteiger partial charge on any atom is 0.145 e. The van der Waals surface area contributed by atoms with Crippen LogP contribution in [0.3, 0.4) is 0 Å². The molecule has 2 heteroatoms. The third-order valence-corrected chi connectivity index (χ3v) is 19.2. The molecule has 93 heavy (non-hydrogen) atoms. The zero-order valence-electron chi connectivity index (χ0n) is 50.9. The van der Waals surface area contributed by atoms with Gasteiger partial charge in [0, 0.05) is 11.3 Å². The van der Waals surface area contributed by atoms with E-state index >= 15 is 0 Å². The minimum Gasteiger partial charge on any atom is -0.292 e. The highest BCUT2D eigenvalue weighted by Crippen LogP contribution is 2.59. The van der Waals surface area contributed by atoms with E-state index in [9.17, 15) is 0 Å². The van der Waals surface area contributed by atoms with Crippen molar-refractivity contribution in [2.45, 2.75) is 0 Å². The first-order valence-electron chi connectivity index (χ1n) is 32.1. The summed E-state index contributed by atoms with van der Waals surface area (Å²) in [5, 5.41) is 15.3. The summed E-state index contributed by atoms with van der Waals surface area (Å²) >= 11 is 0. The Bertz CT molecular complexity index is 5800. The molecule has 0 atom stereocenters. The lowest BCUT2D eigenvalue weighted by Crippen LogP contribution is -1.97. The van der Waals surface area contributed by atoms with Crippen molar-refractivity contribution in [1.82, 2.24) is 9.55 Å². The summed E-state index contributed by atoms with van der Waals surface area (Å²) in [7, 11) is 0. The maximum atomic E-state index is 5.09. The maximum absolute atomic E-state index is 5.09. The molecule has 17 aromatic carbocycles. The lowest BCUT2D eigenvalue weighted by atomic mass is 9.82. The molecule has 0 radical (unpaired) electrons. The van der Waals surface area contributed by atoms with Gasteiger partial charge >= 0.3 is 0 Å². The topological polar surface area (TPSA) is 17.8 Å². The van der Waals surface area contributed by atoms with Gasteiger partial charge in [0.2, 0.25) is 0 Å². The second kappa shape index (κ2) is 22.4. The largest absolute Gasteiger partial charge is 0.292 e. The molecule has 0 saturated heterocycles. The predicted octanol–water partition coefficient (Wildman–Crippen LogP) is 24.9. The molecule has 19 rings (SSSR count). The molecule has 0 fully saturated rings. The molecule has 2 nitrogen and oxygen atoms in total. The first kappa shape index (κ1) is 53.8. The van der Waals surface area contributed by atoms with Crippen molar-refractivity contribution in [2.75, 3.05) is 0 Å². The van der Waals surface area contributed by atoms with Crippen molar-refractivity contribution in [3.05, 3.63) is 352 Å². The zero-order valence-corrected chi connectivity index (χ0v) is 50.9. The van der Waals surface area contributed by atoms with Gasteiger partial charge in [0.25, 0.3) is 0 Å². The van der Waals surface area contributed by atoms with Gasteiger partial charge in [-0.3, -0.25) is 4.57 Å². The number of hydrogen-bond acceptors (Lipinski definition) is 1. The van der Waals surface area contributed by atoms with Crippen molar-refractivity contribution < 1.29 is 0 Å². The number of fused-ring (bicyclic) bond motifs is 9. The fraction of sp³-hybridized carbons (Fsp3) is 0. The summed E-state index contributed by atoms with van der Waals surface area (Å²) in [6.45, 7) is 0. The molecular formula is C91H58N2. The smallest absolute Gasteiger partial charge is 0.145 e. The van der Waals surface area contributed by atoms with Crippen LogP contribution < -0.4 is 0 Å². The highest BCUT2D eigenvalue weighted by atomic mass is 15.1. The van der Waals surface area contributed by atoms with E-state index in [1.807, 2.05) is 0 Å². The molecule has 0 unspecified atom stereocenters. The van der Waals surface area contributed by atoms with E-state index in [0.717, 1.165) is 28.1 Å². The Balaban J connectivity index is 0.000000137. The average Bonchev–Trinajstić information content (AvgIpc) is 1.54. The van der Waals surface area contributed by atoms with Gasteiger partial charge in [-0.15, -0.1) is 0 Å². The molecule has 0 amide bonds. The number of benzene rings is 17. The van der Waals surface area contributed by atoms with Crippen LogP contribution in [-0.2, 0) is 0 Å². The Kier molecular flexibility index (Phi) is 12.9. The van der Waals surface area contributed by atoms with Gasteiger partial charge in [-0.2, -0.15) is 0 Å².